The summed E-state index contributed by atoms with van der Waals surface area (Å²) < 4.78 is 32.7. The number of hydrogen-bond donors (Lipinski definition) is 1. The van der Waals surface area contributed by atoms with Crippen molar-refractivity contribution in [3.8, 4) is 16.9 Å². The molecule has 1 aliphatic rings. The number of rotatable bonds is 5. The Morgan fingerprint density at radius 1 is 1.20 bits per heavy atom. The van der Waals surface area contributed by atoms with Gasteiger partial charge in [0.05, 0.1) is 11.6 Å². The van der Waals surface area contributed by atoms with E-state index < -0.39 is 17.5 Å². The van der Waals surface area contributed by atoms with Crippen LogP contribution in [0.4, 0.5) is 8.78 Å². The number of aromatic nitrogens is 2. The van der Waals surface area contributed by atoms with Crippen LogP contribution in [0.1, 0.15) is 11.1 Å². The van der Waals surface area contributed by atoms with E-state index in [9.17, 15) is 13.6 Å². The van der Waals surface area contributed by atoms with Crippen molar-refractivity contribution < 1.29 is 18.3 Å². The van der Waals surface area contributed by atoms with E-state index in [0.717, 1.165) is 41.0 Å². The number of amides is 1. The molecule has 2 aromatic carbocycles. The van der Waals surface area contributed by atoms with Crippen LogP contribution in [0, 0.1) is 11.6 Å². The van der Waals surface area contributed by atoms with Crippen molar-refractivity contribution >= 4 is 23.6 Å². The van der Waals surface area contributed by atoms with E-state index >= 15 is 0 Å². The maximum atomic E-state index is 13.6. The van der Waals surface area contributed by atoms with Gasteiger partial charge in [0, 0.05) is 41.6 Å². The number of carbonyl (C=O) groups excluding carboxylic acids is 1. The average Bonchev–Trinajstić information content (AvgIpc) is 3.17. The minimum atomic E-state index is -0.607. The van der Waals surface area contributed by atoms with E-state index in [2.05, 4.69) is 15.3 Å². The molecule has 2 heterocycles. The van der Waals surface area contributed by atoms with Crippen LogP contribution in [-0.2, 0) is 11.2 Å². The molecular weight excluding hydrogens is 412 g/mol. The molecule has 0 bridgehead atoms. The van der Waals surface area contributed by atoms with E-state index in [4.69, 9.17) is 16.3 Å². The second kappa shape index (κ2) is 8.59. The molecule has 0 saturated carbocycles. The Morgan fingerprint density at radius 3 is 2.80 bits per heavy atom. The lowest BCUT2D eigenvalue weighted by Crippen LogP contribution is -2.33. The van der Waals surface area contributed by atoms with E-state index in [1.807, 2.05) is 6.07 Å². The topological polar surface area (TPSA) is 64.1 Å². The summed E-state index contributed by atoms with van der Waals surface area (Å²) in [5, 5.41) is 3.17. The molecule has 1 aliphatic heterocycles. The fourth-order valence-corrected chi connectivity index (χ4v) is 3.48. The van der Waals surface area contributed by atoms with Gasteiger partial charge in [-0.25, -0.2) is 18.7 Å². The highest BCUT2D eigenvalue weighted by Gasteiger charge is 2.26. The van der Waals surface area contributed by atoms with E-state index in [1.165, 1.54) is 12.4 Å². The number of fused-ring (bicyclic) bond motifs is 1. The molecule has 0 fully saturated rings. The molecule has 1 amide bonds. The number of nitrogens with one attached hydrogen (secondary N) is 1. The molecule has 1 atom stereocenters. The van der Waals surface area contributed by atoms with Gasteiger partial charge < -0.3 is 10.1 Å². The van der Waals surface area contributed by atoms with E-state index in [1.54, 1.807) is 18.5 Å². The molecule has 0 aliphatic carbocycles. The summed E-state index contributed by atoms with van der Waals surface area (Å²) in [6.45, 7) is 0.240. The Bertz CT molecular complexity index is 1120. The van der Waals surface area contributed by atoms with Crippen molar-refractivity contribution in [3.63, 3.8) is 0 Å². The molecule has 0 radical (unpaired) electrons. The second-order valence-corrected chi connectivity index (χ2v) is 7.17. The molecular formula is C22H16ClF2N3O2. The number of nitrogens with zero attached hydrogens (tertiary/aromatic N) is 2. The van der Waals surface area contributed by atoms with Gasteiger partial charge in [0.15, 0.2) is 0 Å². The zero-order valence-electron chi connectivity index (χ0n) is 15.6. The quantitative estimate of drug-likeness (QED) is 0.619. The summed E-state index contributed by atoms with van der Waals surface area (Å²) >= 11 is 6.37. The minimum Gasteiger partial charge on any atom is -0.486 e. The van der Waals surface area contributed by atoms with E-state index in [0.29, 0.717) is 17.2 Å². The van der Waals surface area contributed by atoms with Crippen LogP contribution in [-0.4, -0.2) is 28.5 Å². The van der Waals surface area contributed by atoms with Crippen LogP contribution in [0.25, 0.3) is 17.2 Å². The smallest absolute Gasteiger partial charge is 0.244 e. The molecule has 4 rings (SSSR count). The van der Waals surface area contributed by atoms with Gasteiger partial charge in [0.1, 0.15) is 29.8 Å². The molecule has 3 aromatic rings. The third-order valence-electron chi connectivity index (χ3n) is 4.62. The van der Waals surface area contributed by atoms with Gasteiger partial charge in [0.2, 0.25) is 5.91 Å². The van der Waals surface area contributed by atoms with Crippen molar-refractivity contribution in [1.82, 2.24) is 15.3 Å². The second-order valence-electron chi connectivity index (χ2n) is 6.76. The maximum absolute atomic E-state index is 13.6. The summed E-state index contributed by atoms with van der Waals surface area (Å²) in [6.07, 6.45) is 7.52. The maximum Gasteiger partial charge on any atom is 0.244 e. The highest BCUT2D eigenvalue weighted by atomic mass is 35.5. The average molecular weight is 428 g/mol. The SMILES string of the molecule is O=C(/C=C/c1cc(F)ccc1F)NC[C@@H]1Cc2cc(-c3cncnc3)cc(Cl)c2O1. The number of benzene rings is 2. The van der Waals surface area contributed by atoms with Crippen molar-refractivity contribution in [2.24, 2.45) is 0 Å². The Labute approximate surface area is 176 Å². The lowest BCUT2D eigenvalue weighted by molar-refractivity contribution is -0.116. The van der Waals surface area contributed by atoms with E-state index in [-0.39, 0.29) is 18.2 Å². The zero-order valence-corrected chi connectivity index (χ0v) is 16.4. The van der Waals surface area contributed by atoms with Crippen LogP contribution >= 0.6 is 11.6 Å². The minimum absolute atomic E-state index is 0.00104. The van der Waals surface area contributed by atoms with Crippen molar-refractivity contribution in [2.45, 2.75) is 12.5 Å². The first kappa shape index (κ1) is 20.0. The first-order valence-corrected chi connectivity index (χ1v) is 9.53. The lowest BCUT2D eigenvalue weighted by Gasteiger charge is -2.11. The molecule has 30 heavy (non-hydrogen) atoms. The van der Waals surface area contributed by atoms with Crippen molar-refractivity contribution in [1.29, 1.82) is 0 Å². The highest BCUT2D eigenvalue weighted by Crippen LogP contribution is 2.39. The Balaban J connectivity index is 1.38. The Kier molecular flexibility index (Phi) is 5.72. The monoisotopic (exact) mass is 427 g/mol. The van der Waals surface area contributed by atoms with Gasteiger partial charge in [-0.3, -0.25) is 4.79 Å². The molecule has 152 valence electrons. The summed E-state index contributed by atoms with van der Waals surface area (Å²) in [7, 11) is 0. The van der Waals surface area contributed by atoms with Crippen LogP contribution in [0.5, 0.6) is 5.75 Å². The lowest BCUT2D eigenvalue weighted by atomic mass is 10.0. The highest BCUT2D eigenvalue weighted by molar-refractivity contribution is 6.32. The van der Waals surface area contributed by atoms with Gasteiger partial charge in [-0.15, -0.1) is 0 Å². The van der Waals surface area contributed by atoms with Crippen molar-refractivity contribution in [3.05, 3.63) is 82.9 Å². The molecule has 5 nitrogen and oxygen atoms in total. The number of ether oxygens (including phenoxy) is 1. The summed E-state index contributed by atoms with van der Waals surface area (Å²) in [4.78, 5) is 20.1. The molecule has 1 aromatic heterocycles. The first-order chi connectivity index (χ1) is 14.5. The summed E-state index contributed by atoms with van der Waals surface area (Å²) in [5.41, 5.74) is 2.65. The standard InChI is InChI=1S/C22H16ClF2N3O2/c23-19-8-14(16-9-26-12-27-10-16)5-15-7-18(30-22(15)19)11-28-21(29)4-1-13-6-17(24)2-3-20(13)25/h1-6,8-10,12,18H,7,11H2,(H,28,29)/b4-1+/t18-/m0/s1. The molecule has 0 unspecified atom stereocenters. The predicted octanol–water partition coefficient (Wildman–Crippen LogP) is 4.21. The molecule has 0 saturated heterocycles. The van der Waals surface area contributed by atoms with Gasteiger partial charge in [0.25, 0.3) is 0 Å². The predicted molar refractivity (Wildman–Crippen MR) is 109 cm³/mol. The van der Waals surface area contributed by atoms with Crippen LogP contribution < -0.4 is 10.1 Å². The fourth-order valence-electron chi connectivity index (χ4n) is 3.20. The number of hydrogen-bond acceptors (Lipinski definition) is 4. The number of halogens is 3. The van der Waals surface area contributed by atoms with Gasteiger partial charge in [-0.1, -0.05) is 11.6 Å². The Hall–Kier alpha value is -3.32. The van der Waals surface area contributed by atoms with Crippen LogP contribution in [0.15, 0.2) is 55.1 Å². The fraction of sp³-hybridized carbons (Fsp3) is 0.136. The normalized spacial score (nSPS) is 15.1. The van der Waals surface area contributed by atoms with Crippen LogP contribution in [0.3, 0.4) is 0 Å². The summed E-state index contributed by atoms with van der Waals surface area (Å²) in [6, 6.07) is 6.80. The number of carbonyl (C=O) groups is 1. The van der Waals surface area contributed by atoms with Crippen molar-refractivity contribution in [2.75, 3.05) is 6.54 Å². The zero-order chi connectivity index (χ0) is 21.1. The third-order valence-corrected chi connectivity index (χ3v) is 4.90. The van der Waals surface area contributed by atoms with Crippen LogP contribution in [0.2, 0.25) is 5.02 Å². The third kappa shape index (κ3) is 4.46. The molecule has 0 spiro atoms. The Morgan fingerprint density at radius 2 is 2.00 bits per heavy atom. The van der Waals surface area contributed by atoms with Gasteiger partial charge in [-0.2, -0.15) is 0 Å². The van der Waals surface area contributed by atoms with Gasteiger partial charge >= 0.3 is 0 Å². The molecule has 8 heteroatoms. The molecule has 1 N–H and O–H groups in total. The first-order valence-electron chi connectivity index (χ1n) is 9.15. The van der Waals surface area contributed by atoms with Gasteiger partial charge in [-0.05, 0) is 42.0 Å². The summed E-state index contributed by atoms with van der Waals surface area (Å²) in [5.74, 6) is -1.03. The largest absolute Gasteiger partial charge is 0.486 e.